The minimum Gasteiger partial charge on any atom is -0.398 e. The fourth-order valence-corrected chi connectivity index (χ4v) is 2.41. The van der Waals surface area contributed by atoms with Crippen LogP contribution in [0.25, 0.3) is 0 Å². The van der Waals surface area contributed by atoms with Crippen molar-refractivity contribution in [1.82, 2.24) is 4.90 Å². The van der Waals surface area contributed by atoms with Crippen LogP contribution in [0, 0.1) is 12.7 Å². The molecule has 0 bridgehead atoms. The van der Waals surface area contributed by atoms with Gasteiger partial charge in [-0.15, -0.1) is 0 Å². The third kappa shape index (κ3) is 2.56. The summed E-state index contributed by atoms with van der Waals surface area (Å²) in [6, 6.07) is 2.79. The molecule has 0 saturated carbocycles. The second-order valence-electron chi connectivity index (χ2n) is 5.02. The molecular weight excluding hydrogens is 247 g/mol. The lowest BCUT2D eigenvalue weighted by atomic mass is 10.1. The van der Waals surface area contributed by atoms with Crippen LogP contribution in [0.15, 0.2) is 12.1 Å². The van der Waals surface area contributed by atoms with Crippen molar-refractivity contribution in [3.8, 4) is 0 Å². The zero-order valence-corrected chi connectivity index (χ0v) is 11.4. The van der Waals surface area contributed by atoms with E-state index in [2.05, 4.69) is 0 Å². The third-order valence-electron chi connectivity index (χ3n) is 3.79. The summed E-state index contributed by atoms with van der Waals surface area (Å²) in [6.07, 6.45) is 0.800. The van der Waals surface area contributed by atoms with E-state index in [0.717, 1.165) is 6.42 Å². The third-order valence-corrected chi connectivity index (χ3v) is 3.79. The van der Waals surface area contributed by atoms with Crippen molar-refractivity contribution in [2.24, 2.45) is 0 Å². The number of anilines is 1. The topological polar surface area (TPSA) is 55.6 Å². The minimum atomic E-state index is -0.451. The SMILES string of the molecule is Cc1c(N)cc(C(=O)N(C)C2CCOC2C)cc1F. The molecule has 5 heteroatoms. The number of ether oxygens (including phenoxy) is 1. The molecule has 2 atom stereocenters. The van der Waals surface area contributed by atoms with Crippen LogP contribution in [-0.2, 0) is 4.74 Å². The van der Waals surface area contributed by atoms with Gasteiger partial charge in [-0.05, 0) is 32.4 Å². The number of benzene rings is 1. The zero-order chi connectivity index (χ0) is 14.2. The number of amides is 1. The number of nitrogen functional groups attached to an aromatic ring is 1. The van der Waals surface area contributed by atoms with E-state index in [1.165, 1.54) is 12.1 Å². The van der Waals surface area contributed by atoms with Gasteiger partial charge in [-0.3, -0.25) is 4.79 Å². The lowest BCUT2D eigenvalue weighted by Crippen LogP contribution is -2.41. The monoisotopic (exact) mass is 266 g/mol. The van der Waals surface area contributed by atoms with Gasteiger partial charge in [0.05, 0.1) is 12.1 Å². The van der Waals surface area contributed by atoms with Crippen LogP contribution in [0.1, 0.15) is 29.3 Å². The van der Waals surface area contributed by atoms with Crippen LogP contribution in [-0.4, -0.2) is 36.6 Å². The van der Waals surface area contributed by atoms with Gasteiger partial charge in [0.25, 0.3) is 5.91 Å². The first-order chi connectivity index (χ1) is 8.91. The molecule has 1 saturated heterocycles. The Kier molecular flexibility index (Phi) is 3.75. The van der Waals surface area contributed by atoms with E-state index in [1.54, 1.807) is 18.9 Å². The van der Waals surface area contributed by atoms with E-state index in [-0.39, 0.29) is 23.6 Å². The first-order valence-corrected chi connectivity index (χ1v) is 6.36. The van der Waals surface area contributed by atoms with Crippen molar-refractivity contribution in [1.29, 1.82) is 0 Å². The van der Waals surface area contributed by atoms with Crippen molar-refractivity contribution in [3.05, 3.63) is 29.1 Å². The van der Waals surface area contributed by atoms with E-state index in [9.17, 15) is 9.18 Å². The number of halogens is 1. The van der Waals surface area contributed by atoms with Gasteiger partial charge in [-0.2, -0.15) is 0 Å². The van der Waals surface area contributed by atoms with Crippen molar-refractivity contribution in [3.63, 3.8) is 0 Å². The first-order valence-electron chi connectivity index (χ1n) is 6.36. The average molecular weight is 266 g/mol. The van der Waals surface area contributed by atoms with Gasteiger partial charge in [0.2, 0.25) is 0 Å². The smallest absolute Gasteiger partial charge is 0.254 e. The van der Waals surface area contributed by atoms with Gasteiger partial charge in [0.1, 0.15) is 5.82 Å². The van der Waals surface area contributed by atoms with Crippen LogP contribution in [0.4, 0.5) is 10.1 Å². The van der Waals surface area contributed by atoms with E-state index in [1.807, 2.05) is 6.92 Å². The fourth-order valence-electron chi connectivity index (χ4n) is 2.41. The molecule has 1 aromatic carbocycles. The van der Waals surface area contributed by atoms with Crippen LogP contribution in [0.2, 0.25) is 0 Å². The average Bonchev–Trinajstić information content (AvgIpc) is 2.79. The summed E-state index contributed by atoms with van der Waals surface area (Å²) in [6.45, 7) is 4.18. The maximum absolute atomic E-state index is 13.6. The number of carbonyl (C=O) groups excluding carboxylic acids is 1. The van der Waals surface area contributed by atoms with Crippen molar-refractivity contribution in [2.75, 3.05) is 19.4 Å². The second kappa shape index (κ2) is 5.17. The minimum absolute atomic E-state index is 0.00147. The van der Waals surface area contributed by atoms with Gasteiger partial charge in [0.15, 0.2) is 0 Å². The number of nitrogens with zero attached hydrogens (tertiary/aromatic N) is 1. The Balaban J connectivity index is 2.24. The van der Waals surface area contributed by atoms with E-state index in [0.29, 0.717) is 17.9 Å². The largest absolute Gasteiger partial charge is 0.398 e. The highest BCUT2D eigenvalue weighted by Crippen LogP contribution is 2.23. The Hall–Kier alpha value is -1.62. The molecule has 0 aromatic heterocycles. The normalized spacial score (nSPS) is 22.5. The predicted molar refractivity (Wildman–Crippen MR) is 71.5 cm³/mol. The van der Waals surface area contributed by atoms with Crippen molar-refractivity contribution >= 4 is 11.6 Å². The number of hydrogen-bond acceptors (Lipinski definition) is 3. The highest BCUT2D eigenvalue weighted by atomic mass is 19.1. The van der Waals surface area contributed by atoms with Crippen molar-refractivity contribution < 1.29 is 13.9 Å². The molecule has 1 aliphatic rings. The Morgan fingerprint density at radius 3 is 2.74 bits per heavy atom. The van der Waals surface area contributed by atoms with Gasteiger partial charge in [-0.1, -0.05) is 0 Å². The molecule has 2 unspecified atom stereocenters. The number of hydrogen-bond donors (Lipinski definition) is 1. The Labute approximate surface area is 112 Å². The van der Waals surface area contributed by atoms with Crippen LogP contribution in [0.5, 0.6) is 0 Å². The molecule has 104 valence electrons. The Bertz CT molecular complexity index is 481. The summed E-state index contributed by atoms with van der Waals surface area (Å²) in [7, 11) is 1.71. The number of likely N-dealkylation sites (N-methyl/N-ethyl adjacent to an activating group) is 1. The highest BCUT2D eigenvalue weighted by Gasteiger charge is 2.31. The molecule has 2 rings (SSSR count). The summed E-state index contributed by atoms with van der Waals surface area (Å²) in [5.74, 6) is -0.680. The van der Waals surface area contributed by atoms with Crippen LogP contribution >= 0.6 is 0 Å². The first kappa shape index (κ1) is 13.8. The van der Waals surface area contributed by atoms with Crippen molar-refractivity contribution in [2.45, 2.75) is 32.4 Å². The molecule has 2 N–H and O–H groups in total. The molecule has 1 aromatic rings. The molecule has 1 aliphatic heterocycles. The van der Waals surface area contributed by atoms with Gasteiger partial charge in [0, 0.05) is 30.5 Å². The van der Waals surface area contributed by atoms with E-state index < -0.39 is 5.82 Å². The van der Waals surface area contributed by atoms with E-state index >= 15 is 0 Å². The molecule has 1 fully saturated rings. The molecule has 1 heterocycles. The van der Waals surface area contributed by atoms with Gasteiger partial charge >= 0.3 is 0 Å². The quantitative estimate of drug-likeness (QED) is 0.833. The van der Waals surface area contributed by atoms with Crippen LogP contribution < -0.4 is 5.73 Å². The van der Waals surface area contributed by atoms with Gasteiger partial charge < -0.3 is 15.4 Å². The number of carbonyl (C=O) groups is 1. The van der Waals surface area contributed by atoms with E-state index in [4.69, 9.17) is 10.5 Å². The maximum Gasteiger partial charge on any atom is 0.254 e. The second-order valence-corrected chi connectivity index (χ2v) is 5.02. The lowest BCUT2D eigenvalue weighted by Gasteiger charge is -2.27. The summed E-state index contributed by atoms with van der Waals surface area (Å²) in [4.78, 5) is 14.0. The Morgan fingerprint density at radius 2 is 2.21 bits per heavy atom. The van der Waals surface area contributed by atoms with Gasteiger partial charge in [-0.25, -0.2) is 4.39 Å². The fraction of sp³-hybridized carbons (Fsp3) is 0.500. The predicted octanol–water partition coefficient (Wildman–Crippen LogP) is 1.97. The summed E-state index contributed by atoms with van der Waals surface area (Å²) in [5.41, 5.74) is 6.66. The standard InChI is InChI=1S/C14H19FN2O2/c1-8-11(15)6-10(7-12(8)16)14(18)17(3)13-4-5-19-9(13)2/h6-7,9,13H,4-5,16H2,1-3H3. The molecule has 0 spiro atoms. The molecule has 4 nitrogen and oxygen atoms in total. The highest BCUT2D eigenvalue weighted by molar-refractivity contribution is 5.95. The molecule has 0 radical (unpaired) electrons. The summed E-state index contributed by atoms with van der Waals surface area (Å²) in [5, 5.41) is 0. The number of rotatable bonds is 2. The maximum atomic E-state index is 13.6. The number of nitrogens with two attached hydrogens (primary N) is 1. The Morgan fingerprint density at radius 1 is 1.53 bits per heavy atom. The molecule has 0 aliphatic carbocycles. The molecular formula is C14H19FN2O2. The summed E-state index contributed by atoms with van der Waals surface area (Å²) < 4.78 is 19.1. The zero-order valence-electron chi connectivity index (χ0n) is 11.4. The van der Waals surface area contributed by atoms with Crippen LogP contribution in [0.3, 0.4) is 0 Å². The summed E-state index contributed by atoms with van der Waals surface area (Å²) >= 11 is 0. The molecule has 1 amide bonds. The molecule has 19 heavy (non-hydrogen) atoms. The lowest BCUT2D eigenvalue weighted by molar-refractivity contribution is 0.0574.